The van der Waals surface area contributed by atoms with E-state index in [-0.39, 0.29) is 0 Å². The number of rotatable bonds is 1. The van der Waals surface area contributed by atoms with E-state index in [1.54, 1.807) is 0 Å². The first kappa shape index (κ1) is 6.77. The van der Waals surface area contributed by atoms with Crippen molar-refractivity contribution in [3.8, 4) is 0 Å². The highest BCUT2D eigenvalue weighted by Gasteiger charge is 2.26. The van der Waals surface area contributed by atoms with Crippen molar-refractivity contribution in [3.63, 3.8) is 0 Å². The fourth-order valence-electron chi connectivity index (χ4n) is 1.16. The Balaban J connectivity index is 2.39. The highest BCUT2D eigenvalue weighted by molar-refractivity contribution is 5.25. The van der Waals surface area contributed by atoms with Gasteiger partial charge in [0.2, 0.25) is 0 Å². The summed E-state index contributed by atoms with van der Waals surface area (Å²) >= 11 is 0. The summed E-state index contributed by atoms with van der Waals surface area (Å²) in [4.78, 5) is 0. The van der Waals surface area contributed by atoms with Crippen molar-refractivity contribution in [2.24, 2.45) is 0 Å². The smallest absolute Gasteiger partial charge is 0.137 e. The number of hydrogen-bond acceptors (Lipinski definition) is 0. The van der Waals surface area contributed by atoms with Crippen molar-refractivity contribution in [1.82, 2.24) is 0 Å². The first-order chi connectivity index (χ1) is 5.27. The van der Waals surface area contributed by atoms with E-state index in [9.17, 15) is 8.78 Å². The third-order valence-electron chi connectivity index (χ3n) is 1.91. The zero-order valence-electron chi connectivity index (χ0n) is 5.90. The third kappa shape index (κ3) is 1.25. The maximum Gasteiger partial charge on any atom is 0.137 e. The van der Waals surface area contributed by atoms with Gasteiger partial charge in [-0.2, -0.15) is 0 Å². The van der Waals surface area contributed by atoms with E-state index in [1.165, 1.54) is 12.1 Å². The van der Waals surface area contributed by atoms with Crippen LogP contribution in [0.2, 0.25) is 0 Å². The summed E-state index contributed by atoms with van der Waals surface area (Å²) < 4.78 is 25.2. The van der Waals surface area contributed by atoms with Crippen molar-refractivity contribution in [1.29, 1.82) is 0 Å². The topological polar surface area (TPSA) is 0 Å². The van der Waals surface area contributed by atoms with Crippen LogP contribution in [0.15, 0.2) is 12.1 Å². The van der Waals surface area contributed by atoms with E-state index in [0.717, 1.165) is 12.8 Å². The fraction of sp³-hybridized carbons (Fsp3) is 0.333. The van der Waals surface area contributed by atoms with Gasteiger partial charge in [-0.1, -0.05) is 6.07 Å². The molecule has 1 aromatic carbocycles. The van der Waals surface area contributed by atoms with Crippen LogP contribution in [0.5, 0.6) is 0 Å². The molecule has 2 rings (SSSR count). The summed E-state index contributed by atoms with van der Waals surface area (Å²) in [7, 11) is 0. The molecule has 0 aromatic heterocycles. The van der Waals surface area contributed by atoms with Crippen LogP contribution in [-0.4, -0.2) is 0 Å². The maximum absolute atomic E-state index is 12.8. The van der Waals surface area contributed by atoms with Gasteiger partial charge in [-0.05, 0) is 30.4 Å². The van der Waals surface area contributed by atoms with E-state index in [2.05, 4.69) is 0 Å². The minimum Gasteiger partial charge on any atom is -0.206 e. The normalized spacial score (nSPS) is 16.9. The molecule has 0 amide bonds. The molecule has 1 aliphatic rings. The predicted molar refractivity (Wildman–Crippen MR) is 37.2 cm³/mol. The molecule has 11 heavy (non-hydrogen) atoms. The molecule has 57 valence electrons. The van der Waals surface area contributed by atoms with Gasteiger partial charge in [0.1, 0.15) is 11.6 Å². The van der Waals surface area contributed by atoms with Gasteiger partial charge < -0.3 is 0 Å². The van der Waals surface area contributed by atoms with E-state index in [4.69, 9.17) is 0 Å². The Hall–Kier alpha value is -0.920. The van der Waals surface area contributed by atoms with Crippen LogP contribution in [0.25, 0.3) is 0 Å². The van der Waals surface area contributed by atoms with Gasteiger partial charge >= 0.3 is 0 Å². The van der Waals surface area contributed by atoms with Crippen LogP contribution < -0.4 is 0 Å². The van der Waals surface area contributed by atoms with E-state index >= 15 is 0 Å². The molecule has 1 aromatic rings. The molecule has 0 unspecified atom stereocenters. The number of hydrogen-bond donors (Lipinski definition) is 0. The lowest BCUT2D eigenvalue weighted by Gasteiger charge is -1.97. The molecule has 0 atom stereocenters. The monoisotopic (exact) mass is 153 g/mol. The molecule has 0 heterocycles. The van der Waals surface area contributed by atoms with Gasteiger partial charge in [0.15, 0.2) is 0 Å². The fourth-order valence-corrected chi connectivity index (χ4v) is 1.16. The van der Waals surface area contributed by atoms with Crippen molar-refractivity contribution in [2.45, 2.75) is 18.8 Å². The second-order valence-corrected chi connectivity index (χ2v) is 2.85. The van der Waals surface area contributed by atoms with E-state index in [1.807, 2.05) is 6.07 Å². The zero-order chi connectivity index (χ0) is 7.84. The SMILES string of the molecule is Fc1[c]c(F)c(C2CC2)cc1. The van der Waals surface area contributed by atoms with Crippen LogP contribution in [0.3, 0.4) is 0 Å². The average Bonchev–Trinajstić information content (AvgIpc) is 2.70. The minimum atomic E-state index is -0.619. The molecule has 1 aliphatic carbocycles. The predicted octanol–water partition coefficient (Wildman–Crippen LogP) is 2.64. The molecule has 0 bridgehead atoms. The molecule has 0 N–H and O–H groups in total. The summed E-state index contributed by atoms with van der Waals surface area (Å²) in [6.45, 7) is 0. The third-order valence-corrected chi connectivity index (χ3v) is 1.91. The number of halogens is 2. The Labute approximate surface area is 63.9 Å². The standard InChI is InChI=1S/C9H7F2/c10-7-3-4-8(6-1-2-6)9(11)5-7/h3-4,6H,1-2H2. The molecular formula is C9H7F2. The molecule has 2 heteroatoms. The van der Waals surface area contributed by atoms with Crippen molar-refractivity contribution in [2.75, 3.05) is 0 Å². The van der Waals surface area contributed by atoms with Crippen molar-refractivity contribution < 1.29 is 8.78 Å². The van der Waals surface area contributed by atoms with Crippen LogP contribution in [0, 0.1) is 17.7 Å². The van der Waals surface area contributed by atoms with E-state index < -0.39 is 11.6 Å². The molecular weight excluding hydrogens is 146 g/mol. The summed E-state index contributed by atoms with van der Waals surface area (Å²) in [6.07, 6.45) is 2.05. The van der Waals surface area contributed by atoms with Crippen LogP contribution in [0.4, 0.5) is 8.78 Å². The molecule has 1 fully saturated rings. The first-order valence-corrected chi connectivity index (χ1v) is 3.64. The molecule has 0 saturated heterocycles. The lowest BCUT2D eigenvalue weighted by Crippen LogP contribution is -1.88. The summed E-state index contributed by atoms with van der Waals surface area (Å²) in [5, 5.41) is 0. The van der Waals surface area contributed by atoms with Crippen molar-refractivity contribution in [3.05, 3.63) is 35.4 Å². The lowest BCUT2D eigenvalue weighted by atomic mass is 10.1. The largest absolute Gasteiger partial charge is 0.206 e. The highest BCUT2D eigenvalue weighted by atomic mass is 19.1. The molecule has 0 spiro atoms. The average molecular weight is 153 g/mol. The second-order valence-electron chi connectivity index (χ2n) is 2.85. The summed E-state index contributed by atoms with van der Waals surface area (Å²) in [6, 6.07) is 4.80. The summed E-state index contributed by atoms with van der Waals surface area (Å²) in [5.41, 5.74) is 0.617. The Morgan fingerprint density at radius 3 is 2.55 bits per heavy atom. The molecule has 0 nitrogen and oxygen atoms in total. The Bertz CT molecular complexity index is 277. The van der Waals surface area contributed by atoms with Gasteiger partial charge in [0.25, 0.3) is 0 Å². The summed E-state index contributed by atoms with van der Waals surface area (Å²) in [5.74, 6) is -0.814. The van der Waals surface area contributed by atoms with Crippen LogP contribution >= 0.6 is 0 Å². The minimum absolute atomic E-state index is 0.326. The lowest BCUT2D eigenvalue weighted by molar-refractivity contribution is 0.569. The second kappa shape index (κ2) is 2.29. The van der Waals surface area contributed by atoms with Gasteiger partial charge in [0.05, 0.1) is 6.07 Å². The van der Waals surface area contributed by atoms with Gasteiger partial charge in [-0.3, -0.25) is 0 Å². The Kier molecular flexibility index (Phi) is 1.41. The quantitative estimate of drug-likeness (QED) is 0.581. The van der Waals surface area contributed by atoms with Crippen molar-refractivity contribution >= 4 is 0 Å². The first-order valence-electron chi connectivity index (χ1n) is 3.64. The molecule has 1 radical (unpaired) electrons. The van der Waals surface area contributed by atoms with Crippen LogP contribution in [0.1, 0.15) is 24.3 Å². The Morgan fingerprint density at radius 1 is 1.27 bits per heavy atom. The maximum atomic E-state index is 12.8. The van der Waals surface area contributed by atoms with Crippen LogP contribution in [-0.2, 0) is 0 Å². The molecule has 0 aliphatic heterocycles. The van der Waals surface area contributed by atoms with Gasteiger partial charge in [-0.25, -0.2) is 8.78 Å². The Morgan fingerprint density at radius 2 is 2.00 bits per heavy atom. The molecule has 1 saturated carbocycles. The zero-order valence-corrected chi connectivity index (χ0v) is 5.90. The van der Waals surface area contributed by atoms with Gasteiger partial charge in [-0.15, -0.1) is 0 Å². The number of benzene rings is 1. The highest BCUT2D eigenvalue weighted by Crippen LogP contribution is 2.41. The van der Waals surface area contributed by atoms with Gasteiger partial charge in [0, 0.05) is 0 Å². The van der Waals surface area contributed by atoms with E-state index in [0.29, 0.717) is 11.5 Å².